The van der Waals surface area contributed by atoms with Crippen molar-refractivity contribution >= 4 is 21.8 Å². The van der Waals surface area contributed by atoms with Crippen LogP contribution in [-0.4, -0.2) is 36.0 Å². The first kappa shape index (κ1) is 13.1. The lowest BCUT2D eigenvalue weighted by molar-refractivity contribution is 0.0937. The van der Waals surface area contributed by atoms with E-state index in [4.69, 9.17) is 0 Å². The van der Waals surface area contributed by atoms with E-state index in [0.717, 1.165) is 25.6 Å². The molecule has 1 aromatic rings. The SMILES string of the molecule is O=C(N[C@H]1CCN(C2CC2)C1)c1cc(F)cc(Br)c1. The molecule has 1 saturated heterocycles. The molecule has 102 valence electrons. The van der Waals surface area contributed by atoms with Gasteiger partial charge in [0.1, 0.15) is 5.82 Å². The molecule has 1 aliphatic carbocycles. The summed E-state index contributed by atoms with van der Waals surface area (Å²) < 4.78 is 13.8. The number of likely N-dealkylation sites (tertiary alicyclic amines) is 1. The summed E-state index contributed by atoms with van der Waals surface area (Å²) in [6.45, 7) is 1.98. The van der Waals surface area contributed by atoms with E-state index >= 15 is 0 Å². The molecule has 2 aliphatic rings. The van der Waals surface area contributed by atoms with Crippen molar-refractivity contribution < 1.29 is 9.18 Å². The number of halogens is 2. The molecule has 5 heteroatoms. The van der Waals surface area contributed by atoms with E-state index in [1.165, 1.54) is 25.0 Å². The van der Waals surface area contributed by atoms with E-state index in [9.17, 15) is 9.18 Å². The molecule has 0 bridgehead atoms. The first-order valence-corrected chi connectivity index (χ1v) is 7.42. The highest BCUT2D eigenvalue weighted by Crippen LogP contribution is 2.29. The smallest absolute Gasteiger partial charge is 0.251 e. The molecule has 1 atom stereocenters. The van der Waals surface area contributed by atoms with Gasteiger partial charge in [0, 0.05) is 35.2 Å². The summed E-state index contributed by atoms with van der Waals surface area (Å²) in [5.41, 5.74) is 0.372. The lowest BCUT2D eigenvalue weighted by atomic mass is 10.2. The number of nitrogens with one attached hydrogen (secondary N) is 1. The Bertz CT molecular complexity index is 484. The van der Waals surface area contributed by atoms with Crippen LogP contribution in [0, 0.1) is 5.82 Å². The molecule has 1 N–H and O–H groups in total. The zero-order chi connectivity index (χ0) is 13.4. The minimum absolute atomic E-state index is 0.190. The van der Waals surface area contributed by atoms with E-state index in [1.807, 2.05) is 0 Å². The minimum Gasteiger partial charge on any atom is -0.348 e. The Hall–Kier alpha value is -0.940. The summed E-state index contributed by atoms with van der Waals surface area (Å²) in [6, 6.07) is 5.20. The van der Waals surface area contributed by atoms with Crippen molar-refractivity contribution in [1.82, 2.24) is 10.2 Å². The van der Waals surface area contributed by atoms with Crippen LogP contribution in [-0.2, 0) is 0 Å². The van der Waals surface area contributed by atoms with Gasteiger partial charge in [0.05, 0.1) is 0 Å². The average Bonchev–Trinajstić information content (AvgIpc) is 3.09. The second-order valence-electron chi connectivity index (χ2n) is 5.34. The topological polar surface area (TPSA) is 32.3 Å². The zero-order valence-corrected chi connectivity index (χ0v) is 12.1. The van der Waals surface area contributed by atoms with Crippen molar-refractivity contribution in [2.45, 2.75) is 31.3 Å². The number of carbonyl (C=O) groups is 1. The predicted octanol–water partition coefficient (Wildman–Crippen LogP) is 2.55. The minimum atomic E-state index is -0.398. The first-order valence-electron chi connectivity index (χ1n) is 6.63. The molecule has 1 amide bonds. The van der Waals surface area contributed by atoms with Gasteiger partial charge in [-0.3, -0.25) is 9.69 Å². The average molecular weight is 327 g/mol. The number of hydrogen-bond acceptors (Lipinski definition) is 2. The lowest BCUT2D eigenvalue weighted by Crippen LogP contribution is -2.37. The van der Waals surface area contributed by atoms with Crippen LogP contribution in [0.2, 0.25) is 0 Å². The predicted molar refractivity (Wildman–Crippen MR) is 74.6 cm³/mol. The highest BCUT2D eigenvalue weighted by atomic mass is 79.9. The molecule has 0 radical (unpaired) electrons. The molecule has 0 spiro atoms. The van der Waals surface area contributed by atoms with E-state index in [2.05, 4.69) is 26.1 Å². The molecule has 1 heterocycles. The number of benzene rings is 1. The highest BCUT2D eigenvalue weighted by Gasteiger charge is 2.34. The Kier molecular flexibility index (Phi) is 3.58. The van der Waals surface area contributed by atoms with Crippen LogP contribution in [0.4, 0.5) is 4.39 Å². The third kappa shape index (κ3) is 3.15. The first-order chi connectivity index (χ1) is 9.11. The number of carbonyl (C=O) groups excluding carboxylic acids is 1. The molecule has 1 aliphatic heterocycles. The van der Waals surface area contributed by atoms with Gasteiger partial charge in [0.25, 0.3) is 5.91 Å². The Morgan fingerprint density at radius 2 is 2.11 bits per heavy atom. The lowest BCUT2D eigenvalue weighted by Gasteiger charge is -2.15. The molecule has 19 heavy (non-hydrogen) atoms. The van der Waals surface area contributed by atoms with E-state index < -0.39 is 5.82 Å². The maximum atomic E-state index is 13.3. The maximum absolute atomic E-state index is 13.3. The zero-order valence-electron chi connectivity index (χ0n) is 10.5. The number of amides is 1. The van der Waals surface area contributed by atoms with Crippen molar-refractivity contribution in [1.29, 1.82) is 0 Å². The molecule has 1 aromatic carbocycles. The van der Waals surface area contributed by atoms with Crippen LogP contribution >= 0.6 is 15.9 Å². The van der Waals surface area contributed by atoms with Gasteiger partial charge in [-0.2, -0.15) is 0 Å². The van der Waals surface area contributed by atoms with Crippen LogP contribution < -0.4 is 5.32 Å². The third-order valence-corrected chi connectivity index (χ3v) is 4.20. The fourth-order valence-corrected chi connectivity index (χ4v) is 3.10. The summed E-state index contributed by atoms with van der Waals surface area (Å²) in [7, 11) is 0. The summed E-state index contributed by atoms with van der Waals surface area (Å²) in [5, 5.41) is 2.99. The van der Waals surface area contributed by atoms with Crippen molar-refractivity contribution in [2.24, 2.45) is 0 Å². The normalized spacial score (nSPS) is 23.6. The number of hydrogen-bond donors (Lipinski definition) is 1. The molecule has 3 rings (SSSR count). The molecular formula is C14H16BrFN2O. The van der Waals surface area contributed by atoms with Gasteiger partial charge in [-0.05, 0) is 37.5 Å². The molecule has 0 aromatic heterocycles. The Balaban J connectivity index is 1.61. The summed E-state index contributed by atoms with van der Waals surface area (Å²) in [6.07, 6.45) is 3.56. The Labute approximate surface area is 120 Å². The fraction of sp³-hybridized carbons (Fsp3) is 0.500. The van der Waals surface area contributed by atoms with Gasteiger partial charge in [0.2, 0.25) is 0 Å². The van der Waals surface area contributed by atoms with E-state index in [1.54, 1.807) is 6.07 Å². The Morgan fingerprint density at radius 3 is 2.79 bits per heavy atom. The molecule has 2 fully saturated rings. The molecule has 3 nitrogen and oxygen atoms in total. The van der Waals surface area contributed by atoms with Crippen LogP contribution in [0.25, 0.3) is 0 Å². The second-order valence-corrected chi connectivity index (χ2v) is 6.26. The molecular weight excluding hydrogens is 311 g/mol. The molecule has 0 unspecified atom stereocenters. The molecule has 1 saturated carbocycles. The van der Waals surface area contributed by atoms with E-state index in [0.29, 0.717) is 10.0 Å². The van der Waals surface area contributed by atoms with Crippen molar-refractivity contribution in [3.63, 3.8) is 0 Å². The van der Waals surface area contributed by atoms with Crippen LogP contribution in [0.5, 0.6) is 0 Å². The maximum Gasteiger partial charge on any atom is 0.251 e. The Morgan fingerprint density at radius 1 is 1.32 bits per heavy atom. The second kappa shape index (κ2) is 5.21. The van der Waals surface area contributed by atoms with E-state index in [-0.39, 0.29) is 11.9 Å². The van der Waals surface area contributed by atoms with Crippen molar-refractivity contribution in [2.75, 3.05) is 13.1 Å². The number of nitrogens with zero attached hydrogens (tertiary/aromatic N) is 1. The van der Waals surface area contributed by atoms with Crippen LogP contribution in [0.3, 0.4) is 0 Å². The van der Waals surface area contributed by atoms with Crippen LogP contribution in [0.1, 0.15) is 29.6 Å². The van der Waals surface area contributed by atoms with Gasteiger partial charge >= 0.3 is 0 Å². The quantitative estimate of drug-likeness (QED) is 0.925. The van der Waals surface area contributed by atoms with Gasteiger partial charge in [0.15, 0.2) is 0 Å². The largest absolute Gasteiger partial charge is 0.348 e. The van der Waals surface area contributed by atoms with Gasteiger partial charge in [-0.25, -0.2) is 4.39 Å². The van der Waals surface area contributed by atoms with Gasteiger partial charge in [-0.1, -0.05) is 15.9 Å². The van der Waals surface area contributed by atoms with Crippen LogP contribution in [0.15, 0.2) is 22.7 Å². The van der Waals surface area contributed by atoms with Crippen molar-refractivity contribution in [3.8, 4) is 0 Å². The van der Waals surface area contributed by atoms with Crippen molar-refractivity contribution in [3.05, 3.63) is 34.1 Å². The summed E-state index contributed by atoms with van der Waals surface area (Å²) in [4.78, 5) is 14.5. The number of rotatable bonds is 3. The third-order valence-electron chi connectivity index (χ3n) is 3.74. The van der Waals surface area contributed by atoms with Gasteiger partial charge in [-0.15, -0.1) is 0 Å². The monoisotopic (exact) mass is 326 g/mol. The summed E-state index contributed by atoms with van der Waals surface area (Å²) >= 11 is 3.20. The van der Waals surface area contributed by atoms with Gasteiger partial charge < -0.3 is 5.32 Å². The standard InChI is InChI=1S/C14H16BrFN2O/c15-10-5-9(6-11(16)7-10)14(19)17-12-3-4-18(8-12)13-1-2-13/h5-7,12-13H,1-4,8H2,(H,17,19)/t12-/m0/s1. The summed E-state index contributed by atoms with van der Waals surface area (Å²) in [5.74, 6) is -0.589. The fourth-order valence-electron chi connectivity index (χ4n) is 2.63. The highest BCUT2D eigenvalue weighted by molar-refractivity contribution is 9.10.